The lowest BCUT2D eigenvalue weighted by Crippen LogP contribution is -2.50. The van der Waals surface area contributed by atoms with E-state index < -0.39 is 23.8 Å². The Morgan fingerprint density at radius 1 is 1.20 bits per heavy atom. The van der Waals surface area contributed by atoms with Gasteiger partial charge in [-0.15, -0.1) is 0 Å². The second kappa shape index (κ2) is 7.25. The van der Waals surface area contributed by atoms with E-state index in [0.717, 1.165) is 5.56 Å². The predicted molar refractivity (Wildman–Crippen MR) is 69.0 cm³/mol. The van der Waals surface area contributed by atoms with Gasteiger partial charge in [-0.05, 0) is 18.4 Å². The number of carboxylic acids is 1. The average molecular weight is 280 g/mol. The third kappa shape index (κ3) is 4.36. The molecule has 0 aliphatic carbocycles. The van der Waals surface area contributed by atoms with Crippen molar-refractivity contribution in [1.82, 2.24) is 5.06 Å². The summed E-state index contributed by atoms with van der Waals surface area (Å²) >= 11 is 0. The van der Waals surface area contributed by atoms with E-state index in [0.29, 0.717) is 12.8 Å². The molecule has 0 spiro atoms. The lowest BCUT2D eigenvalue weighted by Gasteiger charge is -2.19. The van der Waals surface area contributed by atoms with Gasteiger partial charge in [-0.3, -0.25) is 10.0 Å². The number of benzene rings is 1. The van der Waals surface area contributed by atoms with Crippen molar-refractivity contribution in [3.8, 4) is 0 Å². The van der Waals surface area contributed by atoms with Crippen molar-refractivity contribution in [1.29, 1.82) is 0 Å². The minimum atomic E-state index is -1.96. The van der Waals surface area contributed by atoms with Crippen LogP contribution in [0, 0.1) is 0 Å². The Labute approximate surface area is 115 Å². The summed E-state index contributed by atoms with van der Waals surface area (Å²) < 4.78 is 0. The quantitative estimate of drug-likeness (QED) is 0.387. The lowest BCUT2D eigenvalue weighted by atomic mass is 10.0. The number of carboxylic acid groups (broad SMARTS) is 1. The maximum atomic E-state index is 11.7. The molecule has 0 fully saturated rings. The molecule has 0 aliphatic rings. The van der Waals surface area contributed by atoms with Gasteiger partial charge in [0, 0.05) is 6.42 Å². The van der Waals surface area contributed by atoms with Crippen LogP contribution < -0.4 is 5.73 Å². The molecule has 0 heterocycles. The number of nitrogens with zero attached hydrogens (tertiary/aromatic N) is 1. The van der Waals surface area contributed by atoms with E-state index in [1.807, 2.05) is 30.3 Å². The van der Waals surface area contributed by atoms with Crippen LogP contribution >= 0.6 is 0 Å². The monoisotopic (exact) mass is 280 g/mol. The van der Waals surface area contributed by atoms with E-state index >= 15 is 0 Å². The Hall–Kier alpha value is -2.41. The molecule has 1 aromatic carbocycles. The average Bonchev–Trinajstić information content (AvgIpc) is 2.39. The Balaban J connectivity index is 2.55. The van der Waals surface area contributed by atoms with Gasteiger partial charge in [0.1, 0.15) is 0 Å². The Morgan fingerprint density at radius 3 is 2.30 bits per heavy atom. The molecule has 0 aliphatic heterocycles. The standard InChI is InChI=1S/C13H16N2O5/c14-13(19)15(20)11(12(17)18)10(16)8-4-7-9-5-2-1-3-6-9/h1-3,5-6,11,20H,4,7-8H2,(H2,14,19)(H,17,18). The number of nitrogens with two attached hydrogens (primary N) is 1. The molecule has 1 unspecified atom stereocenters. The number of hydrogen-bond donors (Lipinski definition) is 3. The van der Waals surface area contributed by atoms with Crippen molar-refractivity contribution in [2.45, 2.75) is 25.3 Å². The number of primary amides is 1. The smallest absolute Gasteiger partial charge is 0.339 e. The highest BCUT2D eigenvalue weighted by atomic mass is 16.5. The molecular weight excluding hydrogens is 264 g/mol. The number of aliphatic carboxylic acids is 1. The van der Waals surface area contributed by atoms with Crippen LogP contribution in [-0.4, -0.2) is 39.2 Å². The van der Waals surface area contributed by atoms with Gasteiger partial charge < -0.3 is 10.8 Å². The van der Waals surface area contributed by atoms with Crippen LogP contribution in [0.15, 0.2) is 30.3 Å². The van der Waals surface area contributed by atoms with Gasteiger partial charge in [0.15, 0.2) is 5.78 Å². The minimum Gasteiger partial charge on any atom is -0.479 e. The first-order valence-corrected chi connectivity index (χ1v) is 6.00. The lowest BCUT2D eigenvalue weighted by molar-refractivity contribution is -0.162. The van der Waals surface area contributed by atoms with Gasteiger partial charge in [0.05, 0.1) is 0 Å². The number of aryl methyl sites for hydroxylation is 1. The Kier molecular flexibility index (Phi) is 5.67. The number of rotatable bonds is 7. The van der Waals surface area contributed by atoms with Crippen LogP contribution in [0.5, 0.6) is 0 Å². The number of ketones is 1. The first-order chi connectivity index (χ1) is 9.43. The number of hydrogen-bond acceptors (Lipinski definition) is 4. The molecule has 20 heavy (non-hydrogen) atoms. The fraction of sp³-hybridized carbons (Fsp3) is 0.308. The molecule has 2 amide bonds. The van der Waals surface area contributed by atoms with Crippen LogP contribution in [0.4, 0.5) is 4.79 Å². The van der Waals surface area contributed by atoms with E-state index in [4.69, 9.17) is 10.8 Å². The largest absolute Gasteiger partial charge is 0.479 e. The van der Waals surface area contributed by atoms with E-state index in [-0.39, 0.29) is 11.5 Å². The minimum absolute atomic E-state index is 0.0732. The molecular formula is C13H16N2O5. The zero-order valence-electron chi connectivity index (χ0n) is 10.7. The molecule has 0 bridgehead atoms. The summed E-state index contributed by atoms with van der Waals surface area (Å²) in [5.41, 5.74) is 5.77. The summed E-state index contributed by atoms with van der Waals surface area (Å²) in [6.45, 7) is 0. The summed E-state index contributed by atoms with van der Waals surface area (Å²) in [6, 6.07) is 6.03. The van der Waals surface area contributed by atoms with Gasteiger partial charge in [-0.25, -0.2) is 9.59 Å². The molecule has 1 rings (SSSR count). The number of urea groups is 1. The van der Waals surface area contributed by atoms with Gasteiger partial charge in [-0.1, -0.05) is 30.3 Å². The molecule has 0 radical (unpaired) electrons. The normalized spacial score (nSPS) is 11.7. The van der Waals surface area contributed by atoms with Crippen LogP contribution in [-0.2, 0) is 16.0 Å². The van der Waals surface area contributed by atoms with Crippen molar-refractivity contribution >= 4 is 17.8 Å². The number of carbonyl (C=O) groups excluding carboxylic acids is 2. The molecule has 7 nitrogen and oxygen atoms in total. The highest BCUT2D eigenvalue weighted by molar-refractivity contribution is 6.04. The van der Waals surface area contributed by atoms with Crippen molar-refractivity contribution in [3.63, 3.8) is 0 Å². The zero-order valence-corrected chi connectivity index (χ0v) is 10.7. The predicted octanol–water partition coefficient (Wildman–Crippen LogP) is 0.802. The van der Waals surface area contributed by atoms with E-state index in [1.165, 1.54) is 0 Å². The van der Waals surface area contributed by atoms with Gasteiger partial charge in [-0.2, -0.15) is 5.06 Å². The number of carbonyl (C=O) groups is 3. The topological polar surface area (TPSA) is 121 Å². The number of amides is 2. The van der Waals surface area contributed by atoms with Crippen LogP contribution in [0.3, 0.4) is 0 Å². The van der Waals surface area contributed by atoms with Crippen LogP contribution in [0.1, 0.15) is 18.4 Å². The molecule has 108 valence electrons. The highest BCUT2D eigenvalue weighted by Gasteiger charge is 2.33. The Bertz CT molecular complexity index is 489. The van der Waals surface area contributed by atoms with E-state index in [2.05, 4.69) is 0 Å². The van der Waals surface area contributed by atoms with Crippen LogP contribution in [0.25, 0.3) is 0 Å². The molecule has 4 N–H and O–H groups in total. The van der Waals surface area contributed by atoms with E-state index in [1.54, 1.807) is 0 Å². The van der Waals surface area contributed by atoms with Gasteiger partial charge in [0.2, 0.25) is 6.04 Å². The molecule has 0 saturated carbocycles. The SMILES string of the molecule is NC(=O)N(O)C(C(=O)O)C(=O)CCCc1ccccc1. The highest BCUT2D eigenvalue weighted by Crippen LogP contribution is 2.08. The van der Waals surface area contributed by atoms with Gasteiger partial charge >= 0.3 is 12.0 Å². The third-order valence-electron chi connectivity index (χ3n) is 2.74. The zero-order chi connectivity index (χ0) is 15.1. The third-order valence-corrected chi connectivity index (χ3v) is 2.74. The molecule has 7 heteroatoms. The van der Waals surface area contributed by atoms with E-state index in [9.17, 15) is 19.6 Å². The molecule has 1 aromatic rings. The number of Topliss-reactive ketones (excluding diaryl/α,β-unsaturated/α-hetero) is 1. The van der Waals surface area contributed by atoms with Crippen molar-refractivity contribution in [2.24, 2.45) is 5.73 Å². The fourth-order valence-corrected chi connectivity index (χ4v) is 1.75. The summed E-state index contributed by atoms with van der Waals surface area (Å²) in [5, 5.41) is 17.8. The summed E-state index contributed by atoms with van der Waals surface area (Å²) in [4.78, 5) is 33.3. The van der Waals surface area contributed by atoms with Gasteiger partial charge in [0.25, 0.3) is 0 Å². The summed E-state index contributed by atoms with van der Waals surface area (Å²) in [6.07, 6.45) is 0.941. The first-order valence-electron chi connectivity index (χ1n) is 6.00. The summed E-state index contributed by atoms with van der Waals surface area (Å²) in [5.74, 6) is -2.38. The number of hydroxylamine groups is 2. The van der Waals surface area contributed by atoms with Crippen LogP contribution in [0.2, 0.25) is 0 Å². The van der Waals surface area contributed by atoms with Crippen molar-refractivity contribution < 1.29 is 24.7 Å². The van der Waals surface area contributed by atoms with Crippen molar-refractivity contribution in [2.75, 3.05) is 0 Å². The van der Waals surface area contributed by atoms with Crippen molar-refractivity contribution in [3.05, 3.63) is 35.9 Å². The first kappa shape index (κ1) is 15.6. The molecule has 0 aromatic heterocycles. The summed E-state index contributed by atoms with van der Waals surface area (Å²) in [7, 11) is 0. The molecule has 0 saturated heterocycles. The second-order valence-corrected chi connectivity index (χ2v) is 4.23. The Morgan fingerprint density at radius 2 is 1.80 bits per heavy atom. The fourth-order valence-electron chi connectivity index (χ4n) is 1.75. The second-order valence-electron chi connectivity index (χ2n) is 4.23. The maximum absolute atomic E-state index is 11.7. The maximum Gasteiger partial charge on any atom is 0.339 e. The molecule has 1 atom stereocenters.